The first-order chi connectivity index (χ1) is 5.56. The number of ketones is 1. The van der Waals surface area contributed by atoms with Crippen LogP contribution in [0.15, 0.2) is 0 Å². The second-order valence-corrected chi connectivity index (χ2v) is 3.27. The molecule has 0 aromatic rings. The lowest BCUT2D eigenvalue weighted by molar-refractivity contribution is -0.125. The van der Waals surface area contributed by atoms with Gasteiger partial charge in [0.15, 0.2) is 5.78 Å². The maximum atomic E-state index is 11.1. The van der Waals surface area contributed by atoms with Crippen LogP contribution in [-0.4, -0.2) is 18.2 Å². The Morgan fingerprint density at radius 1 is 1.33 bits per heavy atom. The van der Waals surface area contributed by atoms with Crippen LogP contribution in [0.25, 0.3) is 0 Å². The summed E-state index contributed by atoms with van der Waals surface area (Å²) in [5, 5.41) is 2.55. The van der Waals surface area contributed by atoms with E-state index in [0.29, 0.717) is 18.8 Å². The van der Waals surface area contributed by atoms with Crippen LogP contribution < -0.4 is 5.32 Å². The van der Waals surface area contributed by atoms with Crippen molar-refractivity contribution in [1.29, 1.82) is 0 Å². The van der Waals surface area contributed by atoms with Gasteiger partial charge >= 0.3 is 0 Å². The third-order valence-electron chi connectivity index (χ3n) is 1.44. The molecule has 0 radical (unpaired) electrons. The van der Waals surface area contributed by atoms with Crippen molar-refractivity contribution < 1.29 is 9.59 Å². The van der Waals surface area contributed by atoms with Crippen LogP contribution in [0.1, 0.15) is 33.6 Å². The van der Waals surface area contributed by atoms with E-state index < -0.39 is 0 Å². The van der Waals surface area contributed by atoms with E-state index in [1.54, 1.807) is 6.92 Å². The molecule has 0 rings (SSSR count). The molecular weight excluding hydrogens is 154 g/mol. The second kappa shape index (κ2) is 5.75. The van der Waals surface area contributed by atoms with Gasteiger partial charge in [0.25, 0.3) is 0 Å². The third kappa shape index (κ3) is 5.89. The predicted octanol–water partition coefficient (Wildman–Crippen LogP) is 1.13. The van der Waals surface area contributed by atoms with Gasteiger partial charge in [-0.15, -0.1) is 0 Å². The molecule has 0 unspecified atom stereocenters. The fraction of sp³-hybridized carbons (Fsp3) is 0.778. The molecule has 0 aliphatic carbocycles. The molecule has 0 aliphatic rings. The van der Waals surface area contributed by atoms with Crippen molar-refractivity contribution in [3.8, 4) is 0 Å². The van der Waals surface area contributed by atoms with Gasteiger partial charge in [0.1, 0.15) is 0 Å². The van der Waals surface area contributed by atoms with Gasteiger partial charge in [-0.3, -0.25) is 9.59 Å². The maximum absolute atomic E-state index is 11.1. The normalized spacial score (nSPS) is 10.0. The Kier molecular flexibility index (Phi) is 5.34. The largest absolute Gasteiger partial charge is 0.349 e. The summed E-state index contributed by atoms with van der Waals surface area (Å²) in [7, 11) is 0. The zero-order chi connectivity index (χ0) is 9.56. The monoisotopic (exact) mass is 171 g/mol. The number of Topliss-reactive ketones (excluding diaryl/α,β-unsaturated/α-hetero) is 1. The number of carbonyl (C=O) groups is 2. The van der Waals surface area contributed by atoms with E-state index in [4.69, 9.17) is 0 Å². The fourth-order valence-electron chi connectivity index (χ4n) is 0.850. The molecule has 3 nitrogen and oxygen atoms in total. The molecule has 1 amide bonds. The van der Waals surface area contributed by atoms with Gasteiger partial charge in [-0.2, -0.15) is 0 Å². The molecule has 0 aromatic heterocycles. The molecule has 0 spiro atoms. The Balaban J connectivity index is 3.51. The summed E-state index contributed by atoms with van der Waals surface area (Å²) in [6.45, 7) is 5.92. The van der Waals surface area contributed by atoms with Gasteiger partial charge in [0, 0.05) is 12.8 Å². The second-order valence-electron chi connectivity index (χ2n) is 3.27. The number of nitrogens with one attached hydrogen (secondary N) is 1. The summed E-state index contributed by atoms with van der Waals surface area (Å²) in [5.41, 5.74) is 0. The molecule has 0 fully saturated rings. The van der Waals surface area contributed by atoms with E-state index in [9.17, 15) is 9.59 Å². The van der Waals surface area contributed by atoms with Crippen molar-refractivity contribution in [2.75, 3.05) is 6.54 Å². The fourth-order valence-corrected chi connectivity index (χ4v) is 0.850. The van der Waals surface area contributed by atoms with Crippen LogP contribution in [0, 0.1) is 5.92 Å². The van der Waals surface area contributed by atoms with E-state index >= 15 is 0 Å². The minimum Gasteiger partial charge on any atom is -0.349 e. The van der Waals surface area contributed by atoms with Crippen molar-refractivity contribution >= 4 is 11.7 Å². The summed E-state index contributed by atoms with van der Waals surface area (Å²) in [6.07, 6.45) is 0.985. The zero-order valence-electron chi connectivity index (χ0n) is 8.02. The predicted molar refractivity (Wildman–Crippen MR) is 47.8 cm³/mol. The quantitative estimate of drug-likeness (QED) is 0.674. The molecule has 0 aliphatic heterocycles. The Bertz CT molecular complexity index is 164. The summed E-state index contributed by atoms with van der Waals surface area (Å²) < 4.78 is 0. The lowest BCUT2D eigenvalue weighted by Gasteiger charge is -2.04. The SMILES string of the molecule is CCC(=O)NCC(=O)CC(C)C. The highest BCUT2D eigenvalue weighted by molar-refractivity contribution is 5.85. The zero-order valence-corrected chi connectivity index (χ0v) is 8.02. The molecular formula is C9H17NO2. The highest BCUT2D eigenvalue weighted by Gasteiger charge is 2.05. The van der Waals surface area contributed by atoms with Gasteiger partial charge in [0.05, 0.1) is 6.54 Å². The number of hydrogen-bond acceptors (Lipinski definition) is 2. The maximum Gasteiger partial charge on any atom is 0.220 e. The molecule has 0 atom stereocenters. The summed E-state index contributed by atoms with van der Waals surface area (Å²) >= 11 is 0. The van der Waals surface area contributed by atoms with E-state index in [1.807, 2.05) is 13.8 Å². The standard InChI is InChI=1S/C9H17NO2/c1-4-9(12)10-6-8(11)5-7(2)3/h7H,4-6H2,1-3H3,(H,10,12). The first-order valence-electron chi connectivity index (χ1n) is 4.34. The molecule has 12 heavy (non-hydrogen) atoms. The molecule has 0 heterocycles. The Hall–Kier alpha value is -0.860. The molecule has 0 bridgehead atoms. The van der Waals surface area contributed by atoms with Crippen molar-refractivity contribution in [3.63, 3.8) is 0 Å². The third-order valence-corrected chi connectivity index (χ3v) is 1.44. The average Bonchev–Trinajstić information content (AvgIpc) is 1.99. The Morgan fingerprint density at radius 2 is 1.92 bits per heavy atom. The lowest BCUT2D eigenvalue weighted by atomic mass is 10.1. The van der Waals surface area contributed by atoms with Gasteiger partial charge in [-0.1, -0.05) is 20.8 Å². The van der Waals surface area contributed by atoms with E-state index in [0.717, 1.165) is 0 Å². The Morgan fingerprint density at radius 3 is 2.33 bits per heavy atom. The van der Waals surface area contributed by atoms with Crippen molar-refractivity contribution in [3.05, 3.63) is 0 Å². The van der Waals surface area contributed by atoms with E-state index in [1.165, 1.54) is 0 Å². The van der Waals surface area contributed by atoms with Crippen LogP contribution >= 0.6 is 0 Å². The highest BCUT2D eigenvalue weighted by Crippen LogP contribution is 1.98. The highest BCUT2D eigenvalue weighted by atomic mass is 16.2. The van der Waals surface area contributed by atoms with Gasteiger partial charge in [0.2, 0.25) is 5.91 Å². The van der Waals surface area contributed by atoms with Crippen molar-refractivity contribution in [2.45, 2.75) is 33.6 Å². The number of amides is 1. The number of carbonyl (C=O) groups excluding carboxylic acids is 2. The number of rotatable bonds is 5. The van der Waals surface area contributed by atoms with Crippen LogP contribution in [0.5, 0.6) is 0 Å². The van der Waals surface area contributed by atoms with Gasteiger partial charge < -0.3 is 5.32 Å². The van der Waals surface area contributed by atoms with Gasteiger partial charge in [-0.05, 0) is 5.92 Å². The minimum atomic E-state index is -0.0629. The topological polar surface area (TPSA) is 46.2 Å². The average molecular weight is 171 g/mol. The first-order valence-corrected chi connectivity index (χ1v) is 4.34. The number of hydrogen-bond donors (Lipinski definition) is 1. The summed E-state index contributed by atoms with van der Waals surface area (Å²) in [5.74, 6) is 0.412. The molecule has 3 heteroatoms. The first kappa shape index (κ1) is 11.1. The molecule has 0 aromatic carbocycles. The van der Waals surface area contributed by atoms with Crippen LogP contribution in [0.2, 0.25) is 0 Å². The van der Waals surface area contributed by atoms with Crippen LogP contribution in [-0.2, 0) is 9.59 Å². The van der Waals surface area contributed by atoms with E-state index in [-0.39, 0.29) is 18.2 Å². The Labute approximate surface area is 73.5 Å². The molecule has 70 valence electrons. The van der Waals surface area contributed by atoms with Crippen LogP contribution in [0.4, 0.5) is 0 Å². The minimum absolute atomic E-state index is 0.0629. The van der Waals surface area contributed by atoms with Gasteiger partial charge in [-0.25, -0.2) is 0 Å². The summed E-state index contributed by atoms with van der Waals surface area (Å²) in [4.78, 5) is 21.8. The molecule has 1 N–H and O–H groups in total. The van der Waals surface area contributed by atoms with Crippen LogP contribution in [0.3, 0.4) is 0 Å². The summed E-state index contributed by atoms with van der Waals surface area (Å²) in [6, 6.07) is 0. The smallest absolute Gasteiger partial charge is 0.220 e. The molecule has 0 saturated carbocycles. The molecule has 0 saturated heterocycles. The lowest BCUT2D eigenvalue weighted by Crippen LogP contribution is -2.29. The van der Waals surface area contributed by atoms with E-state index in [2.05, 4.69) is 5.32 Å². The van der Waals surface area contributed by atoms with Crippen molar-refractivity contribution in [1.82, 2.24) is 5.32 Å². The van der Waals surface area contributed by atoms with Crippen molar-refractivity contribution in [2.24, 2.45) is 5.92 Å².